The second kappa shape index (κ2) is 5.81. The largest absolute Gasteiger partial charge is 0.312 e. The molecule has 1 aromatic carbocycles. The summed E-state index contributed by atoms with van der Waals surface area (Å²) in [5, 5.41) is 3.91. The lowest BCUT2D eigenvalue weighted by Crippen LogP contribution is -2.51. The third kappa shape index (κ3) is 2.83. The number of sulfonamides is 1. The lowest BCUT2D eigenvalue weighted by molar-refractivity contribution is 0.310. The number of nitrogens with one attached hydrogen (secondary N) is 1. The number of rotatable bonds is 2. The van der Waals surface area contributed by atoms with Crippen LogP contribution < -0.4 is 5.32 Å². The van der Waals surface area contributed by atoms with Crippen molar-refractivity contribution in [1.82, 2.24) is 9.62 Å². The fourth-order valence-corrected chi connectivity index (χ4v) is 5.06. The van der Waals surface area contributed by atoms with Gasteiger partial charge in [-0.15, -0.1) is 0 Å². The van der Waals surface area contributed by atoms with Crippen LogP contribution in [0.3, 0.4) is 0 Å². The molecule has 20 heavy (non-hydrogen) atoms. The lowest BCUT2D eigenvalue weighted by atomic mass is 10.2. The molecule has 2 rings (SSSR count). The van der Waals surface area contributed by atoms with E-state index < -0.39 is 10.0 Å². The van der Waals surface area contributed by atoms with Gasteiger partial charge in [0.2, 0.25) is 10.0 Å². The molecule has 0 amide bonds. The first-order chi connectivity index (χ1) is 9.25. The molecule has 0 saturated carbocycles. The zero-order valence-corrected chi connectivity index (χ0v) is 14.0. The van der Waals surface area contributed by atoms with Crippen LogP contribution in [0.15, 0.2) is 11.0 Å². The molecule has 1 saturated heterocycles. The maximum Gasteiger partial charge on any atom is 0.244 e. The predicted molar refractivity (Wildman–Crippen MR) is 82.2 cm³/mol. The minimum Gasteiger partial charge on any atom is -0.312 e. The van der Waals surface area contributed by atoms with Gasteiger partial charge in [0.25, 0.3) is 0 Å². The van der Waals surface area contributed by atoms with Gasteiger partial charge in [-0.05, 0) is 38.0 Å². The molecular weight excluding hydrogens is 319 g/mol. The summed E-state index contributed by atoms with van der Waals surface area (Å²) in [5.41, 5.74) is 1.18. The summed E-state index contributed by atoms with van der Waals surface area (Å²) in [6.45, 7) is 6.91. The highest BCUT2D eigenvalue weighted by Gasteiger charge is 2.32. The van der Waals surface area contributed by atoms with Crippen molar-refractivity contribution >= 4 is 33.2 Å². The van der Waals surface area contributed by atoms with Crippen molar-refractivity contribution in [3.8, 4) is 0 Å². The minimum absolute atomic E-state index is 0.123. The van der Waals surface area contributed by atoms with Gasteiger partial charge < -0.3 is 5.32 Å². The summed E-state index contributed by atoms with van der Waals surface area (Å²) in [6.07, 6.45) is 0. The number of benzene rings is 1. The fourth-order valence-electron chi connectivity index (χ4n) is 2.36. The standard InChI is InChI=1S/C13H18Cl2N2O2S/c1-8-6-11(14)10(3)13(12(8)15)20(18,19)17-5-4-16-9(2)7-17/h6,9,16H,4-5,7H2,1-3H3. The maximum atomic E-state index is 12.8. The molecular formula is C13H18Cl2N2O2S. The quantitative estimate of drug-likeness (QED) is 0.902. The molecule has 0 aliphatic carbocycles. The molecule has 0 spiro atoms. The fraction of sp³-hybridized carbons (Fsp3) is 0.538. The van der Waals surface area contributed by atoms with Gasteiger partial charge in [-0.1, -0.05) is 23.2 Å². The molecule has 0 radical (unpaired) electrons. The number of hydrogen-bond acceptors (Lipinski definition) is 3. The van der Waals surface area contributed by atoms with Gasteiger partial charge in [0.1, 0.15) is 4.90 Å². The number of halogens is 2. The van der Waals surface area contributed by atoms with Crippen LogP contribution in [0.2, 0.25) is 10.0 Å². The molecule has 7 heteroatoms. The Bertz CT molecular complexity index is 605. The Kier molecular flexibility index (Phi) is 4.66. The van der Waals surface area contributed by atoms with E-state index >= 15 is 0 Å². The summed E-state index contributed by atoms with van der Waals surface area (Å²) < 4.78 is 27.1. The van der Waals surface area contributed by atoms with Crippen LogP contribution in [0.5, 0.6) is 0 Å². The van der Waals surface area contributed by atoms with Crippen molar-refractivity contribution in [1.29, 1.82) is 0 Å². The molecule has 1 N–H and O–H groups in total. The van der Waals surface area contributed by atoms with E-state index in [4.69, 9.17) is 23.2 Å². The highest BCUT2D eigenvalue weighted by Crippen LogP contribution is 2.35. The Hall–Kier alpha value is -0.330. The van der Waals surface area contributed by atoms with Crippen LogP contribution in [-0.2, 0) is 10.0 Å². The Morgan fingerprint density at radius 2 is 2.00 bits per heavy atom. The lowest BCUT2D eigenvalue weighted by Gasteiger charge is -2.31. The van der Waals surface area contributed by atoms with E-state index in [1.807, 2.05) is 6.92 Å². The number of aryl methyl sites for hydroxylation is 1. The van der Waals surface area contributed by atoms with E-state index in [0.717, 1.165) is 0 Å². The van der Waals surface area contributed by atoms with E-state index in [1.165, 1.54) is 4.31 Å². The Morgan fingerprint density at radius 3 is 2.60 bits per heavy atom. The zero-order valence-electron chi connectivity index (χ0n) is 11.7. The topological polar surface area (TPSA) is 49.4 Å². The third-order valence-corrected chi connectivity index (χ3v) is 6.55. The molecule has 112 valence electrons. The number of nitrogens with zero attached hydrogens (tertiary/aromatic N) is 1. The molecule has 1 aliphatic heterocycles. The second-order valence-electron chi connectivity index (χ2n) is 5.16. The van der Waals surface area contributed by atoms with Crippen molar-refractivity contribution in [2.45, 2.75) is 31.7 Å². The smallest absolute Gasteiger partial charge is 0.244 e. The van der Waals surface area contributed by atoms with Crippen molar-refractivity contribution in [2.24, 2.45) is 0 Å². The summed E-state index contributed by atoms with van der Waals surface area (Å²) in [7, 11) is -3.62. The van der Waals surface area contributed by atoms with Crippen LogP contribution in [0.1, 0.15) is 18.1 Å². The van der Waals surface area contributed by atoms with Crippen molar-refractivity contribution in [3.05, 3.63) is 27.2 Å². The first-order valence-electron chi connectivity index (χ1n) is 6.44. The van der Waals surface area contributed by atoms with Gasteiger partial charge in [-0.2, -0.15) is 4.31 Å². The molecule has 1 atom stereocenters. The first-order valence-corrected chi connectivity index (χ1v) is 8.63. The molecule has 1 aromatic rings. The van der Waals surface area contributed by atoms with Gasteiger partial charge in [0.05, 0.1) is 5.02 Å². The van der Waals surface area contributed by atoms with Crippen LogP contribution in [0.4, 0.5) is 0 Å². The predicted octanol–water partition coefficient (Wildman–Crippen LogP) is 2.59. The SMILES string of the molecule is Cc1cc(Cl)c(C)c(S(=O)(=O)N2CCNC(C)C2)c1Cl. The maximum absolute atomic E-state index is 12.8. The van der Waals surface area contributed by atoms with Gasteiger partial charge in [-0.25, -0.2) is 8.42 Å². The summed E-state index contributed by atoms with van der Waals surface area (Å²) in [4.78, 5) is 0.137. The summed E-state index contributed by atoms with van der Waals surface area (Å²) >= 11 is 12.3. The molecule has 1 fully saturated rings. The van der Waals surface area contributed by atoms with E-state index in [9.17, 15) is 8.42 Å². The van der Waals surface area contributed by atoms with E-state index in [1.54, 1.807) is 19.9 Å². The van der Waals surface area contributed by atoms with Crippen molar-refractivity contribution in [3.63, 3.8) is 0 Å². The van der Waals surface area contributed by atoms with Gasteiger partial charge in [-0.3, -0.25) is 0 Å². The monoisotopic (exact) mass is 336 g/mol. The molecule has 1 heterocycles. The second-order valence-corrected chi connectivity index (χ2v) is 7.82. The number of piperazine rings is 1. The average Bonchev–Trinajstić information content (AvgIpc) is 2.36. The molecule has 1 aliphatic rings. The highest BCUT2D eigenvalue weighted by atomic mass is 35.5. The van der Waals surface area contributed by atoms with Gasteiger partial charge >= 0.3 is 0 Å². The van der Waals surface area contributed by atoms with Crippen LogP contribution in [-0.4, -0.2) is 38.4 Å². The minimum atomic E-state index is -3.62. The Balaban J connectivity index is 2.55. The van der Waals surface area contributed by atoms with Gasteiger partial charge in [0.15, 0.2) is 0 Å². The van der Waals surface area contributed by atoms with E-state index in [-0.39, 0.29) is 16.0 Å². The van der Waals surface area contributed by atoms with Crippen molar-refractivity contribution < 1.29 is 8.42 Å². The Labute approximate surface area is 130 Å². The normalized spacial score (nSPS) is 21.1. The van der Waals surface area contributed by atoms with Crippen molar-refractivity contribution in [2.75, 3.05) is 19.6 Å². The zero-order chi connectivity index (χ0) is 15.1. The molecule has 1 unspecified atom stereocenters. The van der Waals surface area contributed by atoms with Crippen LogP contribution in [0, 0.1) is 13.8 Å². The number of hydrogen-bond donors (Lipinski definition) is 1. The van der Waals surface area contributed by atoms with E-state index in [2.05, 4.69) is 5.32 Å². The molecule has 0 bridgehead atoms. The molecule has 0 aromatic heterocycles. The van der Waals surface area contributed by atoms with Gasteiger partial charge in [0, 0.05) is 30.7 Å². The Morgan fingerprint density at radius 1 is 1.35 bits per heavy atom. The molecule has 4 nitrogen and oxygen atoms in total. The summed E-state index contributed by atoms with van der Waals surface area (Å²) in [5.74, 6) is 0. The van der Waals surface area contributed by atoms with E-state index in [0.29, 0.717) is 35.8 Å². The van der Waals surface area contributed by atoms with Crippen LogP contribution in [0.25, 0.3) is 0 Å². The summed E-state index contributed by atoms with van der Waals surface area (Å²) in [6, 6.07) is 1.82. The average molecular weight is 337 g/mol. The first kappa shape index (κ1) is 16.0. The van der Waals surface area contributed by atoms with Crippen LogP contribution >= 0.6 is 23.2 Å². The third-order valence-electron chi connectivity index (χ3n) is 3.52. The highest BCUT2D eigenvalue weighted by molar-refractivity contribution is 7.89.